The summed E-state index contributed by atoms with van der Waals surface area (Å²) in [6, 6.07) is 17.9. The van der Waals surface area contributed by atoms with E-state index in [1.165, 1.54) is 0 Å². The zero-order chi connectivity index (χ0) is 18.6. The number of nitrogens with zero attached hydrogens (tertiary/aromatic N) is 2. The van der Waals surface area contributed by atoms with Crippen molar-refractivity contribution in [2.45, 2.75) is 6.42 Å². The first-order valence-corrected chi connectivity index (χ1v) is 8.56. The van der Waals surface area contributed by atoms with Gasteiger partial charge >= 0.3 is 5.97 Å². The van der Waals surface area contributed by atoms with Gasteiger partial charge in [0.15, 0.2) is 0 Å². The van der Waals surface area contributed by atoms with Crippen LogP contribution in [0.1, 0.15) is 17.0 Å². The quantitative estimate of drug-likeness (QED) is 0.523. The van der Waals surface area contributed by atoms with E-state index in [-0.39, 0.29) is 0 Å². The molecular formula is C22H17N3O2. The van der Waals surface area contributed by atoms with Crippen molar-refractivity contribution in [3.05, 3.63) is 90.0 Å². The molecule has 0 bridgehead atoms. The summed E-state index contributed by atoms with van der Waals surface area (Å²) in [4.78, 5) is 22.8. The number of nitrogens with one attached hydrogen (secondary N) is 1. The van der Waals surface area contributed by atoms with Crippen LogP contribution in [0.25, 0.3) is 28.2 Å². The van der Waals surface area contributed by atoms with Gasteiger partial charge in [-0.1, -0.05) is 36.4 Å². The minimum absolute atomic E-state index is 0.680. The SMILES string of the molecule is O=C(O)C=Cc1ccc(Cc2nc3ccc(-c4cccnc4)cc3[nH]2)cc1. The highest BCUT2D eigenvalue weighted by Gasteiger charge is 2.06. The van der Waals surface area contributed by atoms with E-state index in [2.05, 4.69) is 21.0 Å². The van der Waals surface area contributed by atoms with E-state index in [1.807, 2.05) is 54.7 Å². The van der Waals surface area contributed by atoms with Crippen molar-refractivity contribution in [3.8, 4) is 11.1 Å². The minimum atomic E-state index is -0.952. The number of hydrogen-bond acceptors (Lipinski definition) is 3. The molecule has 5 heteroatoms. The van der Waals surface area contributed by atoms with E-state index >= 15 is 0 Å². The molecule has 0 radical (unpaired) electrons. The predicted molar refractivity (Wildman–Crippen MR) is 105 cm³/mol. The molecule has 0 unspecified atom stereocenters. The second kappa shape index (κ2) is 7.25. The molecule has 0 spiro atoms. The number of aliphatic carboxylic acids is 1. The third-order valence-corrected chi connectivity index (χ3v) is 4.30. The Bertz CT molecular complexity index is 1110. The third kappa shape index (κ3) is 3.93. The number of fused-ring (bicyclic) bond motifs is 1. The van der Waals surface area contributed by atoms with Gasteiger partial charge in [0.05, 0.1) is 11.0 Å². The lowest BCUT2D eigenvalue weighted by Gasteiger charge is -2.00. The van der Waals surface area contributed by atoms with E-state index in [0.717, 1.165) is 45.2 Å². The van der Waals surface area contributed by atoms with Crippen LogP contribution < -0.4 is 0 Å². The van der Waals surface area contributed by atoms with Gasteiger partial charge in [-0.2, -0.15) is 0 Å². The summed E-state index contributed by atoms with van der Waals surface area (Å²) >= 11 is 0. The summed E-state index contributed by atoms with van der Waals surface area (Å²) < 4.78 is 0. The number of H-pyrrole nitrogens is 1. The summed E-state index contributed by atoms with van der Waals surface area (Å²) in [5.41, 5.74) is 6.05. The Morgan fingerprint density at radius 3 is 2.67 bits per heavy atom. The summed E-state index contributed by atoms with van der Waals surface area (Å²) in [6.45, 7) is 0. The number of rotatable bonds is 5. The maximum atomic E-state index is 10.6. The lowest BCUT2D eigenvalue weighted by molar-refractivity contribution is -0.131. The Labute approximate surface area is 156 Å². The maximum absolute atomic E-state index is 10.6. The first-order chi connectivity index (χ1) is 13.2. The summed E-state index contributed by atoms with van der Waals surface area (Å²) in [7, 11) is 0. The van der Waals surface area contributed by atoms with Gasteiger partial charge in [-0.15, -0.1) is 0 Å². The summed E-state index contributed by atoms with van der Waals surface area (Å²) in [5, 5.41) is 8.68. The largest absolute Gasteiger partial charge is 0.478 e. The van der Waals surface area contributed by atoms with Crippen molar-refractivity contribution in [2.75, 3.05) is 0 Å². The van der Waals surface area contributed by atoms with Crippen LogP contribution in [0, 0.1) is 0 Å². The van der Waals surface area contributed by atoms with Gasteiger partial charge in [0.2, 0.25) is 0 Å². The standard InChI is InChI=1S/C22H17N3O2/c26-22(27)10-7-15-3-5-16(6-4-15)12-21-24-19-9-8-17(13-20(19)25-21)18-2-1-11-23-14-18/h1-11,13-14H,12H2,(H,24,25)(H,26,27). The van der Waals surface area contributed by atoms with Crippen molar-refractivity contribution in [3.63, 3.8) is 0 Å². The fraction of sp³-hybridized carbons (Fsp3) is 0.0455. The van der Waals surface area contributed by atoms with Crippen molar-refractivity contribution >= 4 is 23.1 Å². The van der Waals surface area contributed by atoms with Gasteiger partial charge in [-0.05, 0) is 41.0 Å². The molecule has 0 aliphatic carbocycles. The van der Waals surface area contributed by atoms with Gasteiger partial charge in [0, 0.05) is 30.5 Å². The van der Waals surface area contributed by atoms with Crippen LogP contribution in [0.3, 0.4) is 0 Å². The number of aromatic amines is 1. The van der Waals surface area contributed by atoms with E-state index in [1.54, 1.807) is 12.3 Å². The second-order valence-electron chi connectivity index (χ2n) is 6.25. The first-order valence-electron chi connectivity index (χ1n) is 8.56. The molecule has 0 amide bonds. The fourth-order valence-corrected chi connectivity index (χ4v) is 2.97. The molecule has 2 N–H and O–H groups in total. The number of carbonyl (C=O) groups is 1. The molecule has 0 atom stereocenters. The molecule has 0 fully saturated rings. The number of hydrogen-bond donors (Lipinski definition) is 2. The van der Waals surface area contributed by atoms with Crippen molar-refractivity contribution < 1.29 is 9.90 Å². The highest BCUT2D eigenvalue weighted by Crippen LogP contribution is 2.23. The van der Waals surface area contributed by atoms with Crippen LogP contribution in [0.5, 0.6) is 0 Å². The van der Waals surface area contributed by atoms with Crippen LogP contribution >= 0.6 is 0 Å². The zero-order valence-corrected chi connectivity index (χ0v) is 14.5. The molecule has 4 rings (SSSR count). The summed E-state index contributed by atoms with van der Waals surface area (Å²) in [5.74, 6) is -0.0610. The van der Waals surface area contributed by atoms with Crippen LogP contribution in [0.15, 0.2) is 73.1 Å². The Morgan fingerprint density at radius 1 is 1.07 bits per heavy atom. The predicted octanol–water partition coefficient (Wildman–Crippen LogP) is 4.31. The van der Waals surface area contributed by atoms with Crippen molar-refractivity contribution in [1.82, 2.24) is 15.0 Å². The summed E-state index contributed by atoms with van der Waals surface area (Å²) in [6.07, 6.45) is 7.00. The molecular weight excluding hydrogens is 338 g/mol. The van der Waals surface area contributed by atoms with Crippen molar-refractivity contribution in [2.24, 2.45) is 0 Å². The van der Waals surface area contributed by atoms with Crippen LogP contribution in [-0.2, 0) is 11.2 Å². The molecule has 132 valence electrons. The van der Waals surface area contributed by atoms with E-state index in [4.69, 9.17) is 5.11 Å². The normalized spacial score (nSPS) is 11.3. The number of pyridine rings is 1. The topological polar surface area (TPSA) is 78.9 Å². The Morgan fingerprint density at radius 2 is 1.93 bits per heavy atom. The molecule has 0 aliphatic rings. The Balaban J connectivity index is 1.55. The first kappa shape index (κ1) is 16.7. The second-order valence-corrected chi connectivity index (χ2v) is 6.25. The van der Waals surface area contributed by atoms with Crippen LogP contribution in [-0.4, -0.2) is 26.0 Å². The molecule has 0 aliphatic heterocycles. The molecule has 5 nitrogen and oxygen atoms in total. The molecule has 2 heterocycles. The smallest absolute Gasteiger partial charge is 0.328 e. The average Bonchev–Trinajstić information content (AvgIpc) is 3.09. The third-order valence-electron chi connectivity index (χ3n) is 4.30. The fourth-order valence-electron chi connectivity index (χ4n) is 2.97. The molecule has 27 heavy (non-hydrogen) atoms. The van der Waals surface area contributed by atoms with Gasteiger partial charge in [-0.25, -0.2) is 9.78 Å². The molecule has 2 aromatic carbocycles. The van der Waals surface area contributed by atoms with Crippen LogP contribution in [0.4, 0.5) is 0 Å². The lowest BCUT2D eigenvalue weighted by Crippen LogP contribution is -1.91. The van der Waals surface area contributed by atoms with Gasteiger partial charge in [0.25, 0.3) is 0 Å². The molecule has 4 aromatic rings. The Hall–Kier alpha value is -3.73. The number of carboxylic acids is 1. The number of imidazole rings is 1. The lowest BCUT2D eigenvalue weighted by atomic mass is 10.1. The maximum Gasteiger partial charge on any atom is 0.328 e. The van der Waals surface area contributed by atoms with E-state index in [0.29, 0.717) is 6.42 Å². The van der Waals surface area contributed by atoms with Gasteiger partial charge < -0.3 is 10.1 Å². The number of benzene rings is 2. The zero-order valence-electron chi connectivity index (χ0n) is 14.5. The van der Waals surface area contributed by atoms with E-state index in [9.17, 15) is 4.79 Å². The number of aromatic nitrogens is 3. The van der Waals surface area contributed by atoms with Crippen molar-refractivity contribution in [1.29, 1.82) is 0 Å². The van der Waals surface area contributed by atoms with Crippen LogP contribution in [0.2, 0.25) is 0 Å². The van der Waals surface area contributed by atoms with E-state index < -0.39 is 5.97 Å². The molecule has 0 saturated carbocycles. The molecule has 2 aromatic heterocycles. The molecule has 0 saturated heterocycles. The van der Waals surface area contributed by atoms with Gasteiger partial charge in [0.1, 0.15) is 5.82 Å². The average molecular weight is 355 g/mol. The monoisotopic (exact) mass is 355 g/mol. The number of carboxylic acid groups (broad SMARTS) is 1. The van der Waals surface area contributed by atoms with Gasteiger partial charge in [-0.3, -0.25) is 4.98 Å². The highest BCUT2D eigenvalue weighted by molar-refractivity contribution is 5.85. The highest BCUT2D eigenvalue weighted by atomic mass is 16.4. The minimum Gasteiger partial charge on any atom is -0.478 e. The Kier molecular flexibility index (Phi) is 4.49.